The molecule has 5 aromatic heterocycles. The summed E-state index contributed by atoms with van der Waals surface area (Å²) in [6.07, 6.45) is 9.46. The largest absolute Gasteiger partial charge is 0.378 e. The summed E-state index contributed by atoms with van der Waals surface area (Å²) in [5, 5.41) is 12.4. The Morgan fingerprint density at radius 3 is 2.97 bits per heavy atom. The number of aryl methyl sites for hydroxylation is 1. The number of rotatable bonds is 5. The van der Waals surface area contributed by atoms with E-state index in [1.165, 1.54) is 11.3 Å². The van der Waals surface area contributed by atoms with E-state index in [1.807, 2.05) is 19.4 Å². The fourth-order valence-corrected chi connectivity index (χ4v) is 6.14. The summed E-state index contributed by atoms with van der Waals surface area (Å²) in [6, 6.07) is 1.67. The van der Waals surface area contributed by atoms with Crippen LogP contribution in [0.15, 0.2) is 35.6 Å². The van der Waals surface area contributed by atoms with Gasteiger partial charge in [0.15, 0.2) is 0 Å². The maximum atomic E-state index is 13.1. The molecule has 0 bridgehead atoms. The molecular weight excluding hydrogens is 480 g/mol. The fraction of sp³-hybridized carbons (Fsp3) is 0.375. The van der Waals surface area contributed by atoms with Crippen LogP contribution in [-0.2, 0) is 11.8 Å². The van der Waals surface area contributed by atoms with Gasteiger partial charge in [0.25, 0.3) is 11.5 Å². The summed E-state index contributed by atoms with van der Waals surface area (Å²) in [5.41, 5.74) is 2.87. The van der Waals surface area contributed by atoms with E-state index in [0.29, 0.717) is 34.0 Å². The molecule has 1 aliphatic carbocycles. The number of ether oxygens (including phenoxy) is 1. The monoisotopic (exact) mass is 504 g/mol. The van der Waals surface area contributed by atoms with Crippen molar-refractivity contribution in [2.24, 2.45) is 7.05 Å². The predicted octanol–water partition coefficient (Wildman–Crippen LogP) is 1.78. The molecular formula is C24H24N8O3S. The van der Waals surface area contributed by atoms with Gasteiger partial charge in [0.2, 0.25) is 0 Å². The number of hydrogen-bond donors (Lipinski definition) is 2. The fourth-order valence-electron chi connectivity index (χ4n) is 5.08. The number of morpholine rings is 1. The number of fused-ring (bicyclic) bond motifs is 5. The van der Waals surface area contributed by atoms with Crippen molar-refractivity contribution < 1.29 is 9.53 Å². The van der Waals surface area contributed by atoms with E-state index in [1.54, 1.807) is 27.7 Å². The summed E-state index contributed by atoms with van der Waals surface area (Å²) in [6.45, 7) is 3.76. The van der Waals surface area contributed by atoms with Crippen molar-refractivity contribution in [3.05, 3.63) is 46.8 Å². The van der Waals surface area contributed by atoms with Crippen LogP contribution in [0.25, 0.3) is 37.2 Å². The first-order valence-corrected chi connectivity index (χ1v) is 12.8. The van der Waals surface area contributed by atoms with Crippen molar-refractivity contribution in [3.8, 4) is 10.4 Å². The third-order valence-electron chi connectivity index (χ3n) is 7.19. The SMILES string of the molecule is Cn1cc(-c2cn3nc4c5ncc(C(=O)NCCN6CCOCC67CC7)cc5[nH]c(=O)c4c3s2)cn1. The van der Waals surface area contributed by atoms with Gasteiger partial charge in [0.1, 0.15) is 21.3 Å². The van der Waals surface area contributed by atoms with Crippen LogP contribution < -0.4 is 10.9 Å². The number of pyridine rings is 2. The van der Waals surface area contributed by atoms with E-state index in [0.717, 1.165) is 54.4 Å². The number of nitrogens with one attached hydrogen (secondary N) is 2. The van der Waals surface area contributed by atoms with Crippen molar-refractivity contribution in [2.75, 3.05) is 32.8 Å². The van der Waals surface area contributed by atoms with E-state index in [4.69, 9.17) is 4.74 Å². The number of hydrogen-bond acceptors (Lipinski definition) is 8. The van der Waals surface area contributed by atoms with Gasteiger partial charge < -0.3 is 15.0 Å². The Kier molecular flexibility index (Phi) is 4.78. The lowest BCUT2D eigenvalue weighted by Crippen LogP contribution is -2.50. The molecule has 2 fully saturated rings. The number of H-pyrrole nitrogens is 1. The van der Waals surface area contributed by atoms with Crippen LogP contribution in [0.4, 0.5) is 0 Å². The Morgan fingerprint density at radius 1 is 1.28 bits per heavy atom. The molecule has 1 aliphatic heterocycles. The van der Waals surface area contributed by atoms with Crippen molar-refractivity contribution in [3.63, 3.8) is 0 Å². The van der Waals surface area contributed by atoms with Gasteiger partial charge in [-0.05, 0) is 18.9 Å². The molecule has 7 rings (SSSR count). The minimum atomic E-state index is -0.256. The molecule has 1 spiro atoms. The van der Waals surface area contributed by atoms with Crippen LogP contribution >= 0.6 is 11.3 Å². The summed E-state index contributed by atoms with van der Waals surface area (Å²) < 4.78 is 9.07. The van der Waals surface area contributed by atoms with Crippen molar-refractivity contribution in [1.82, 2.24) is 39.6 Å². The van der Waals surface area contributed by atoms with Gasteiger partial charge in [-0.3, -0.25) is 24.2 Å². The molecule has 1 amide bonds. The third kappa shape index (κ3) is 3.44. The molecule has 0 unspecified atom stereocenters. The highest BCUT2D eigenvalue weighted by Crippen LogP contribution is 2.43. The molecule has 11 nitrogen and oxygen atoms in total. The number of amides is 1. The van der Waals surface area contributed by atoms with Crippen LogP contribution in [0.3, 0.4) is 0 Å². The molecule has 1 saturated heterocycles. The summed E-state index contributed by atoms with van der Waals surface area (Å²) in [7, 11) is 1.86. The highest BCUT2D eigenvalue weighted by Gasteiger charge is 2.49. The van der Waals surface area contributed by atoms with Gasteiger partial charge in [0.05, 0.1) is 35.4 Å². The van der Waals surface area contributed by atoms with Crippen molar-refractivity contribution in [1.29, 1.82) is 0 Å². The van der Waals surface area contributed by atoms with Gasteiger partial charge in [-0.25, -0.2) is 4.52 Å². The smallest absolute Gasteiger partial charge is 0.261 e. The second-order valence-electron chi connectivity index (χ2n) is 9.57. The molecule has 2 N–H and O–H groups in total. The van der Waals surface area contributed by atoms with Crippen LogP contribution in [0, 0.1) is 0 Å². The lowest BCUT2D eigenvalue weighted by atomic mass is 10.2. The van der Waals surface area contributed by atoms with Crippen LogP contribution in [-0.4, -0.2) is 78.6 Å². The van der Waals surface area contributed by atoms with Gasteiger partial charge >= 0.3 is 0 Å². The number of aromatic nitrogens is 6. The van der Waals surface area contributed by atoms with Gasteiger partial charge in [0, 0.05) is 56.4 Å². The number of nitrogens with zero attached hydrogens (tertiary/aromatic N) is 6. The Labute approximate surface area is 208 Å². The minimum absolute atomic E-state index is 0.190. The van der Waals surface area contributed by atoms with E-state index < -0.39 is 0 Å². The van der Waals surface area contributed by atoms with Gasteiger partial charge in [-0.2, -0.15) is 10.2 Å². The van der Waals surface area contributed by atoms with Gasteiger partial charge in [-0.15, -0.1) is 11.3 Å². The Balaban J connectivity index is 1.15. The van der Waals surface area contributed by atoms with Gasteiger partial charge in [-0.1, -0.05) is 0 Å². The molecule has 0 radical (unpaired) electrons. The first-order valence-electron chi connectivity index (χ1n) is 11.9. The lowest BCUT2D eigenvalue weighted by molar-refractivity contribution is -0.0192. The van der Waals surface area contributed by atoms with E-state index in [2.05, 4.69) is 30.4 Å². The normalized spacial score (nSPS) is 17.5. The zero-order chi connectivity index (χ0) is 24.4. The van der Waals surface area contributed by atoms with Crippen molar-refractivity contribution in [2.45, 2.75) is 18.4 Å². The summed E-state index contributed by atoms with van der Waals surface area (Å²) >= 11 is 1.48. The second kappa shape index (κ2) is 7.95. The number of thiazole rings is 1. The van der Waals surface area contributed by atoms with Crippen molar-refractivity contribution >= 4 is 44.0 Å². The third-order valence-corrected chi connectivity index (χ3v) is 8.34. The molecule has 1 saturated carbocycles. The number of carbonyl (C=O) groups is 1. The minimum Gasteiger partial charge on any atom is -0.378 e. The maximum absolute atomic E-state index is 13.1. The number of aromatic amines is 1. The second-order valence-corrected chi connectivity index (χ2v) is 10.6. The first-order chi connectivity index (χ1) is 17.5. The average Bonchev–Trinajstić information content (AvgIpc) is 3.17. The molecule has 12 heteroatoms. The predicted molar refractivity (Wildman–Crippen MR) is 135 cm³/mol. The Bertz CT molecular complexity index is 1710. The molecule has 6 heterocycles. The molecule has 5 aromatic rings. The van der Waals surface area contributed by atoms with E-state index in [-0.39, 0.29) is 17.0 Å². The van der Waals surface area contributed by atoms with Crippen LogP contribution in [0.2, 0.25) is 0 Å². The average molecular weight is 505 g/mol. The van der Waals surface area contributed by atoms with E-state index in [9.17, 15) is 9.59 Å². The summed E-state index contributed by atoms with van der Waals surface area (Å²) in [4.78, 5) is 37.4. The van der Waals surface area contributed by atoms with Crippen LogP contribution in [0.5, 0.6) is 0 Å². The molecule has 184 valence electrons. The highest BCUT2D eigenvalue weighted by atomic mass is 32.1. The number of carbonyl (C=O) groups excluding carboxylic acids is 1. The molecule has 0 atom stereocenters. The molecule has 36 heavy (non-hydrogen) atoms. The topological polar surface area (TPSA) is 122 Å². The Morgan fingerprint density at radius 2 is 2.17 bits per heavy atom. The van der Waals surface area contributed by atoms with E-state index >= 15 is 0 Å². The standard InChI is InChI=1S/C24H24N8O3S/c1-30-11-15(10-27-30)17-12-32-23(36-17)18-20(29-32)19-16(28-22(18)34)8-14(9-26-19)21(33)25-4-5-31-6-7-35-13-24(31)2-3-24/h8-12H,2-7,13H2,1H3,(H,25,33)(H,28,34). The molecule has 2 aliphatic rings. The zero-order valence-corrected chi connectivity index (χ0v) is 20.5. The summed E-state index contributed by atoms with van der Waals surface area (Å²) in [5.74, 6) is -0.213. The highest BCUT2D eigenvalue weighted by molar-refractivity contribution is 7.21. The first kappa shape index (κ1) is 21.7. The maximum Gasteiger partial charge on any atom is 0.261 e. The quantitative estimate of drug-likeness (QED) is 0.374. The Hall–Kier alpha value is -3.61. The lowest BCUT2D eigenvalue weighted by Gasteiger charge is -2.36. The molecule has 0 aromatic carbocycles. The van der Waals surface area contributed by atoms with Crippen LogP contribution in [0.1, 0.15) is 23.2 Å². The zero-order valence-electron chi connectivity index (χ0n) is 19.7.